The highest BCUT2D eigenvalue weighted by Crippen LogP contribution is 2.23. The number of rotatable bonds is 7. The van der Waals surface area contributed by atoms with E-state index in [4.69, 9.17) is 0 Å². The monoisotopic (exact) mass is 365 g/mol. The highest BCUT2D eigenvalue weighted by Gasteiger charge is 2.21. The van der Waals surface area contributed by atoms with Crippen molar-refractivity contribution >= 4 is 23.2 Å². The Morgan fingerprint density at radius 3 is 2.37 bits per heavy atom. The van der Waals surface area contributed by atoms with Gasteiger partial charge in [0.15, 0.2) is 0 Å². The molecule has 0 aliphatic carbocycles. The predicted octanol–water partition coefficient (Wildman–Crippen LogP) is 3.74. The fourth-order valence-electron chi connectivity index (χ4n) is 3.38. The van der Waals surface area contributed by atoms with Gasteiger partial charge < -0.3 is 15.5 Å². The van der Waals surface area contributed by atoms with Crippen LogP contribution in [-0.4, -0.2) is 24.9 Å². The van der Waals surface area contributed by atoms with Crippen LogP contribution in [0.25, 0.3) is 0 Å². The van der Waals surface area contributed by atoms with Gasteiger partial charge in [-0.05, 0) is 42.2 Å². The highest BCUT2D eigenvalue weighted by molar-refractivity contribution is 5.95. The molecule has 5 nitrogen and oxygen atoms in total. The lowest BCUT2D eigenvalue weighted by Crippen LogP contribution is -2.35. The van der Waals surface area contributed by atoms with Gasteiger partial charge >= 0.3 is 0 Å². The van der Waals surface area contributed by atoms with E-state index in [1.54, 1.807) is 0 Å². The minimum Gasteiger partial charge on any atom is -0.376 e. The molecule has 5 heteroatoms. The summed E-state index contributed by atoms with van der Waals surface area (Å²) in [4.78, 5) is 26.0. The highest BCUT2D eigenvalue weighted by atomic mass is 16.2. The lowest BCUT2D eigenvalue weighted by Gasteiger charge is -2.23. The molecule has 0 saturated carbocycles. The van der Waals surface area contributed by atoms with Crippen LogP contribution < -0.4 is 15.5 Å². The van der Waals surface area contributed by atoms with Gasteiger partial charge in [0, 0.05) is 24.3 Å². The standard InChI is InChI=1S/C22H27N3O2/c1-16(2)22(17-7-4-3-5-8-17)24-20(26)15-23-18-10-12-19(13-11-18)25-14-6-9-21(25)27/h3-5,7-8,10-13,16,22-23H,6,9,14-15H2,1-2H3,(H,24,26). The van der Waals surface area contributed by atoms with Gasteiger partial charge in [-0.15, -0.1) is 0 Å². The molecule has 27 heavy (non-hydrogen) atoms. The number of amides is 2. The Balaban J connectivity index is 1.54. The van der Waals surface area contributed by atoms with E-state index in [1.807, 2.05) is 59.5 Å². The first-order chi connectivity index (χ1) is 13.0. The summed E-state index contributed by atoms with van der Waals surface area (Å²) in [6.07, 6.45) is 1.54. The fourth-order valence-corrected chi connectivity index (χ4v) is 3.38. The Hall–Kier alpha value is -2.82. The maximum Gasteiger partial charge on any atom is 0.239 e. The third-order valence-corrected chi connectivity index (χ3v) is 4.85. The summed E-state index contributed by atoms with van der Waals surface area (Å²) in [6.45, 7) is 5.19. The van der Waals surface area contributed by atoms with Crippen molar-refractivity contribution in [1.82, 2.24) is 5.32 Å². The van der Waals surface area contributed by atoms with E-state index < -0.39 is 0 Å². The Morgan fingerprint density at radius 2 is 1.78 bits per heavy atom. The topological polar surface area (TPSA) is 61.4 Å². The third-order valence-electron chi connectivity index (χ3n) is 4.85. The number of carbonyl (C=O) groups is 2. The summed E-state index contributed by atoms with van der Waals surface area (Å²) in [5.41, 5.74) is 2.89. The fraction of sp³-hybridized carbons (Fsp3) is 0.364. The molecule has 1 unspecified atom stereocenters. The summed E-state index contributed by atoms with van der Waals surface area (Å²) < 4.78 is 0. The van der Waals surface area contributed by atoms with E-state index in [2.05, 4.69) is 24.5 Å². The van der Waals surface area contributed by atoms with E-state index in [-0.39, 0.29) is 24.4 Å². The van der Waals surface area contributed by atoms with Crippen molar-refractivity contribution in [2.24, 2.45) is 5.92 Å². The van der Waals surface area contributed by atoms with E-state index in [0.29, 0.717) is 12.3 Å². The van der Waals surface area contributed by atoms with Gasteiger partial charge in [0.1, 0.15) is 0 Å². The van der Waals surface area contributed by atoms with Crippen LogP contribution in [0.2, 0.25) is 0 Å². The van der Waals surface area contributed by atoms with Gasteiger partial charge in [0.05, 0.1) is 12.6 Å². The Labute approximate surface area is 160 Å². The number of anilines is 2. The molecular formula is C22H27N3O2. The molecule has 1 aliphatic heterocycles. The Morgan fingerprint density at radius 1 is 1.07 bits per heavy atom. The summed E-state index contributed by atoms with van der Waals surface area (Å²) in [6, 6.07) is 17.7. The van der Waals surface area contributed by atoms with Crippen LogP contribution in [0.3, 0.4) is 0 Å². The number of hydrogen-bond donors (Lipinski definition) is 2. The third kappa shape index (κ3) is 4.88. The van der Waals surface area contributed by atoms with E-state index >= 15 is 0 Å². The van der Waals surface area contributed by atoms with Crippen molar-refractivity contribution in [2.75, 3.05) is 23.3 Å². The van der Waals surface area contributed by atoms with E-state index in [9.17, 15) is 9.59 Å². The van der Waals surface area contributed by atoms with Crippen LogP contribution in [0.4, 0.5) is 11.4 Å². The minimum absolute atomic E-state index is 0.0101. The van der Waals surface area contributed by atoms with Crippen LogP contribution in [-0.2, 0) is 9.59 Å². The van der Waals surface area contributed by atoms with E-state index in [0.717, 1.165) is 29.9 Å². The molecule has 0 aromatic heterocycles. The van der Waals surface area contributed by atoms with Gasteiger partial charge in [-0.25, -0.2) is 0 Å². The average molecular weight is 365 g/mol. The summed E-state index contributed by atoms with van der Waals surface area (Å²) in [5.74, 6) is 0.431. The molecule has 1 saturated heterocycles. The summed E-state index contributed by atoms with van der Waals surface area (Å²) >= 11 is 0. The van der Waals surface area contributed by atoms with Gasteiger partial charge in [-0.3, -0.25) is 9.59 Å². The summed E-state index contributed by atoms with van der Waals surface area (Å²) in [7, 11) is 0. The molecule has 0 spiro atoms. The quantitative estimate of drug-likeness (QED) is 0.786. The van der Waals surface area contributed by atoms with E-state index in [1.165, 1.54) is 0 Å². The van der Waals surface area contributed by atoms with Gasteiger partial charge in [0.25, 0.3) is 0 Å². The number of nitrogens with one attached hydrogen (secondary N) is 2. The van der Waals surface area contributed by atoms with Crippen LogP contribution in [0, 0.1) is 5.92 Å². The minimum atomic E-state index is -0.0450. The van der Waals surface area contributed by atoms with Gasteiger partial charge in [-0.2, -0.15) is 0 Å². The van der Waals surface area contributed by atoms with Gasteiger partial charge in [-0.1, -0.05) is 44.2 Å². The zero-order valence-electron chi connectivity index (χ0n) is 15.9. The lowest BCUT2D eigenvalue weighted by atomic mass is 9.96. The smallest absolute Gasteiger partial charge is 0.239 e. The average Bonchev–Trinajstić information content (AvgIpc) is 3.11. The molecule has 1 aliphatic rings. The van der Waals surface area contributed by atoms with Crippen LogP contribution in [0.5, 0.6) is 0 Å². The molecule has 0 radical (unpaired) electrons. The molecule has 142 valence electrons. The maximum atomic E-state index is 12.4. The molecule has 2 aromatic rings. The van der Waals surface area contributed by atoms with Crippen molar-refractivity contribution in [3.05, 3.63) is 60.2 Å². The Bertz CT molecular complexity index is 772. The normalized spacial score (nSPS) is 15.1. The first-order valence-electron chi connectivity index (χ1n) is 9.53. The predicted molar refractivity (Wildman–Crippen MR) is 109 cm³/mol. The molecule has 1 heterocycles. The Kier molecular flexibility index (Phi) is 6.12. The van der Waals surface area contributed by atoms with Crippen molar-refractivity contribution in [2.45, 2.75) is 32.7 Å². The number of nitrogens with zero attached hydrogens (tertiary/aromatic N) is 1. The summed E-state index contributed by atoms with van der Waals surface area (Å²) in [5, 5.41) is 6.26. The molecule has 3 rings (SSSR count). The zero-order chi connectivity index (χ0) is 19.2. The van der Waals surface area contributed by atoms with Crippen LogP contribution in [0.15, 0.2) is 54.6 Å². The zero-order valence-corrected chi connectivity index (χ0v) is 15.9. The molecule has 2 aromatic carbocycles. The second-order valence-electron chi connectivity index (χ2n) is 7.25. The molecule has 1 atom stereocenters. The van der Waals surface area contributed by atoms with Crippen LogP contribution >= 0.6 is 0 Å². The second-order valence-corrected chi connectivity index (χ2v) is 7.25. The SMILES string of the molecule is CC(C)C(NC(=O)CNc1ccc(N2CCCC2=O)cc1)c1ccccc1. The molecule has 2 N–H and O–H groups in total. The van der Waals surface area contributed by atoms with Crippen molar-refractivity contribution in [3.8, 4) is 0 Å². The maximum absolute atomic E-state index is 12.4. The van der Waals surface area contributed by atoms with Crippen LogP contribution in [0.1, 0.15) is 38.3 Å². The first kappa shape index (κ1) is 19.0. The molecular weight excluding hydrogens is 338 g/mol. The van der Waals surface area contributed by atoms with Gasteiger partial charge in [0.2, 0.25) is 11.8 Å². The second kappa shape index (κ2) is 8.71. The van der Waals surface area contributed by atoms with Crippen molar-refractivity contribution < 1.29 is 9.59 Å². The molecule has 1 fully saturated rings. The molecule has 0 bridgehead atoms. The number of carbonyl (C=O) groups excluding carboxylic acids is 2. The number of hydrogen-bond acceptors (Lipinski definition) is 3. The lowest BCUT2D eigenvalue weighted by molar-refractivity contribution is -0.120. The van der Waals surface area contributed by atoms with Crippen molar-refractivity contribution in [3.63, 3.8) is 0 Å². The molecule has 2 amide bonds. The largest absolute Gasteiger partial charge is 0.376 e. The first-order valence-corrected chi connectivity index (χ1v) is 9.53. The number of benzene rings is 2. The van der Waals surface area contributed by atoms with Crippen molar-refractivity contribution in [1.29, 1.82) is 0 Å².